The fourth-order valence-electron chi connectivity index (χ4n) is 2.09. The lowest BCUT2D eigenvalue weighted by atomic mass is 10.0. The summed E-state index contributed by atoms with van der Waals surface area (Å²) in [6.07, 6.45) is 0. The lowest BCUT2D eigenvalue weighted by Gasteiger charge is -2.03. The molecular weight excluding hydrogens is 212 g/mol. The van der Waals surface area contributed by atoms with Gasteiger partial charge in [0.1, 0.15) is 0 Å². The number of benzene rings is 1. The summed E-state index contributed by atoms with van der Waals surface area (Å²) in [7, 11) is 0. The molecule has 90 valence electrons. The second kappa shape index (κ2) is 4.13. The van der Waals surface area contributed by atoms with Gasteiger partial charge < -0.3 is 16.5 Å². The van der Waals surface area contributed by atoms with Gasteiger partial charge >= 0.3 is 0 Å². The van der Waals surface area contributed by atoms with Crippen molar-refractivity contribution in [1.82, 2.24) is 4.98 Å². The van der Waals surface area contributed by atoms with Crippen molar-refractivity contribution in [3.63, 3.8) is 0 Å². The zero-order chi connectivity index (χ0) is 12.6. The van der Waals surface area contributed by atoms with E-state index in [4.69, 9.17) is 11.5 Å². The van der Waals surface area contributed by atoms with E-state index in [2.05, 4.69) is 42.9 Å². The predicted octanol–water partition coefficient (Wildman–Crippen LogP) is 1.87. The number of nitrogens with one attached hydrogen (secondary N) is 1. The van der Waals surface area contributed by atoms with Crippen LogP contribution in [0, 0.1) is 20.8 Å². The fraction of sp³-hybridized carbons (Fsp3) is 0.308. The summed E-state index contributed by atoms with van der Waals surface area (Å²) in [6.45, 7) is 6.80. The first-order valence-corrected chi connectivity index (χ1v) is 5.63. The van der Waals surface area contributed by atoms with Gasteiger partial charge in [-0.25, -0.2) is 4.99 Å². The third-order valence-corrected chi connectivity index (χ3v) is 3.08. The van der Waals surface area contributed by atoms with Crippen LogP contribution >= 0.6 is 0 Å². The summed E-state index contributed by atoms with van der Waals surface area (Å²) in [5, 5.41) is 1.25. The highest BCUT2D eigenvalue weighted by molar-refractivity contribution is 5.88. The molecule has 2 aromatic rings. The first-order valence-electron chi connectivity index (χ1n) is 5.63. The van der Waals surface area contributed by atoms with Crippen molar-refractivity contribution in [2.24, 2.45) is 16.5 Å². The van der Waals surface area contributed by atoms with Gasteiger partial charge in [-0.2, -0.15) is 0 Å². The minimum absolute atomic E-state index is 0.125. The van der Waals surface area contributed by atoms with Gasteiger partial charge in [-0.05, 0) is 38.0 Å². The molecule has 0 radical (unpaired) electrons. The molecule has 1 heterocycles. The quantitative estimate of drug-likeness (QED) is 0.544. The van der Waals surface area contributed by atoms with Crippen molar-refractivity contribution >= 4 is 16.9 Å². The average Bonchev–Trinajstić information content (AvgIpc) is 2.53. The molecule has 1 aromatic carbocycles. The maximum Gasteiger partial charge on any atom is 0.186 e. The number of aryl methyl sites for hydroxylation is 3. The number of guanidine groups is 1. The third-order valence-electron chi connectivity index (χ3n) is 3.08. The predicted molar refractivity (Wildman–Crippen MR) is 72.0 cm³/mol. The van der Waals surface area contributed by atoms with Crippen molar-refractivity contribution < 1.29 is 0 Å². The first-order chi connectivity index (χ1) is 7.99. The van der Waals surface area contributed by atoms with Gasteiger partial charge in [0.05, 0.1) is 12.1 Å². The van der Waals surface area contributed by atoms with E-state index in [9.17, 15) is 0 Å². The van der Waals surface area contributed by atoms with Crippen LogP contribution in [0.4, 0.5) is 0 Å². The molecule has 4 nitrogen and oxygen atoms in total. The molecule has 0 unspecified atom stereocenters. The van der Waals surface area contributed by atoms with Crippen LogP contribution in [-0.2, 0) is 6.54 Å². The Labute approximate surface area is 101 Å². The van der Waals surface area contributed by atoms with Crippen LogP contribution in [-0.4, -0.2) is 10.9 Å². The summed E-state index contributed by atoms with van der Waals surface area (Å²) in [5.41, 5.74) is 16.7. The van der Waals surface area contributed by atoms with E-state index in [0.29, 0.717) is 6.54 Å². The molecule has 0 spiro atoms. The summed E-state index contributed by atoms with van der Waals surface area (Å²) >= 11 is 0. The molecule has 0 fully saturated rings. The Balaban J connectivity index is 2.62. The van der Waals surface area contributed by atoms with Gasteiger partial charge in [0, 0.05) is 11.1 Å². The highest BCUT2D eigenvalue weighted by atomic mass is 15.0. The van der Waals surface area contributed by atoms with E-state index in [1.165, 1.54) is 22.2 Å². The molecule has 0 atom stereocenters. The SMILES string of the molecule is Cc1cc(CN=C(N)N)c2[nH]c(C)c(C)c2c1. The maximum absolute atomic E-state index is 5.38. The van der Waals surface area contributed by atoms with Crippen molar-refractivity contribution in [2.45, 2.75) is 27.3 Å². The number of aliphatic imine (C=N–C) groups is 1. The van der Waals surface area contributed by atoms with Crippen molar-refractivity contribution in [3.8, 4) is 0 Å². The second-order valence-electron chi connectivity index (χ2n) is 4.46. The van der Waals surface area contributed by atoms with Gasteiger partial charge in [-0.15, -0.1) is 0 Å². The number of nitrogens with two attached hydrogens (primary N) is 2. The lowest BCUT2D eigenvalue weighted by molar-refractivity contribution is 1.06. The summed E-state index contributed by atoms with van der Waals surface area (Å²) < 4.78 is 0. The van der Waals surface area contributed by atoms with E-state index in [1.54, 1.807) is 0 Å². The monoisotopic (exact) mass is 230 g/mol. The minimum atomic E-state index is 0.125. The number of hydrogen-bond donors (Lipinski definition) is 3. The number of nitrogens with zero attached hydrogens (tertiary/aromatic N) is 1. The molecule has 0 bridgehead atoms. The second-order valence-corrected chi connectivity index (χ2v) is 4.46. The molecule has 5 N–H and O–H groups in total. The third kappa shape index (κ3) is 2.11. The number of aromatic amines is 1. The summed E-state index contributed by atoms with van der Waals surface area (Å²) in [4.78, 5) is 7.47. The van der Waals surface area contributed by atoms with E-state index in [0.717, 1.165) is 11.1 Å². The molecule has 0 saturated carbocycles. The normalized spacial score (nSPS) is 10.8. The lowest BCUT2D eigenvalue weighted by Crippen LogP contribution is -2.22. The molecule has 0 aliphatic rings. The Morgan fingerprint density at radius 3 is 2.59 bits per heavy atom. The van der Waals surface area contributed by atoms with Gasteiger partial charge in [0.15, 0.2) is 5.96 Å². The van der Waals surface area contributed by atoms with Crippen LogP contribution in [0.2, 0.25) is 0 Å². The van der Waals surface area contributed by atoms with Crippen molar-refractivity contribution in [2.75, 3.05) is 0 Å². The number of aromatic nitrogens is 1. The maximum atomic E-state index is 5.38. The van der Waals surface area contributed by atoms with Gasteiger partial charge in [0.25, 0.3) is 0 Å². The molecule has 0 saturated heterocycles. The topological polar surface area (TPSA) is 80.2 Å². The van der Waals surface area contributed by atoms with Crippen LogP contribution in [0.25, 0.3) is 10.9 Å². The van der Waals surface area contributed by atoms with Gasteiger partial charge in [-0.3, -0.25) is 0 Å². The van der Waals surface area contributed by atoms with E-state index < -0.39 is 0 Å². The molecule has 0 aliphatic heterocycles. The Morgan fingerprint density at radius 2 is 1.94 bits per heavy atom. The highest BCUT2D eigenvalue weighted by Crippen LogP contribution is 2.26. The Kier molecular flexibility index (Phi) is 2.79. The fourth-order valence-corrected chi connectivity index (χ4v) is 2.09. The van der Waals surface area contributed by atoms with E-state index in [-0.39, 0.29) is 5.96 Å². The van der Waals surface area contributed by atoms with Crippen LogP contribution in [0.3, 0.4) is 0 Å². The number of hydrogen-bond acceptors (Lipinski definition) is 1. The standard InChI is InChI=1S/C13H18N4/c1-7-4-10(6-16-13(14)15)12-11(5-7)8(2)9(3)17-12/h4-5,17H,6H2,1-3H3,(H4,14,15,16). The summed E-state index contributed by atoms with van der Waals surface area (Å²) in [5.74, 6) is 0.125. The largest absolute Gasteiger partial charge is 0.370 e. The van der Waals surface area contributed by atoms with Crippen LogP contribution in [0.1, 0.15) is 22.4 Å². The minimum Gasteiger partial charge on any atom is -0.370 e. The van der Waals surface area contributed by atoms with Gasteiger partial charge in [-0.1, -0.05) is 11.6 Å². The van der Waals surface area contributed by atoms with Crippen LogP contribution < -0.4 is 11.5 Å². The molecular formula is C13H18N4. The molecule has 0 aliphatic carbocycles. The molecule has 17 heavy (non-hydrogen) atoms. The Bertz CT molecular complexity index is 589. The smallest absolute Gasteiger partial charge is 0.186 e. The Morgan fingerprint density at radius 1 is 1.24 bits per heavy atom. The summed E-state index contributed by atoms with van der Waals surface area (Å²) in [6, 6.07) is 4.30. The first kappa shape index (κ1) is 11.5. The average molecular weight is 230 g/mol. The van der Waals surface area contributed by atoms with Crippen LogP contribution in [0.15, 0.2) is 17.1 Å². The highest BCUT2D eigenvalue weighted by Gasteiger charge is 2.08. The van der Waals surface area contributed by atoms with Crippen molar-refractivity contribution in [1.29, 1.82) is 0 Å². The molecule has 0 amide bonds. The zero-order valence-corrected chi connectivity index (χ0v) is 10.5. The molecule has 4 heteroatoms. The number of rotatable bonds is 2. The number of H-pyrrole nitrogens is 1. The Hall–Kier alpha value is -1.97. The molecule has 1 aromatic heterocycles. The van der Waals surface area contributed by atoms with Crippen LogP contribution in [0.5, 0.6) is 0 Å². The van der Waals surface area contributed by atoms with E-state index >= 15 is 0 Å². The number of fused-ring (bicyclic) bond motifs is 1. The zero-order valence-electron chi connectivity index (χ0n) is 10.5. The van der Waals surface area contributed by atoms with E-state index in [1.807, 2.05) is 0 Å². The van der Waals surface area contributed by atoms with Gasteiger partial charge in [0.2, 0.25) is 0 Å². The van der Waals surface area contributed by atoms with Crippen molar-refractivity contribution in [3.05, 3.63) is 34.5 Å². The molecule has 2 rings (SSSR count).